The van der Waals surface area contributed by atoms with Crippen molar-refractivity contribution in [3.8, 4) is 11.5 Å². The van der Waals surface area contributed by atoms with Crippen molar-refractivity contribution in [3.05, 3.63) is 70.8 Å². The normalized spacial score (nSPS) is 13.5. The van der Waals surface area contributed by atoms with Crippen molar-refractivity contribution >= 4 is 12.2 Å². The van der Waals surface area contributed by atoms with Gasteiger partial charge in [-0.25, -0.2) is 0 Å². The molecule has 156 valence electrons. The molecule has 2 N–H and O–H groups in total. The second kappa shape index (κ2) is 7.85. The first-order valence-electron chi connectivity index (χ1n) is 8.46. The lowest BCUT2D eigenvalue weighted by atomic mass is 9.72. The summed E-state index contributed by atoms with van der Waals surface area (Å²) >= 11 is 0. The van der Waals surface area contributed by atoms with E-state index in [2.05, 4.69) is 0 Å². The fourth-order valence-corrected chi connectivity index (χ4v) is 3.18. The summed E-state index contributed by atoms with van der Waals surface area (Å²) in [7, 11) is 0. The number of phenols is 2. The molecule has 0 amide bonds. The zero-order chi connectivity index (χ0) is 22.0. The Bertz CT molecular complexity index is 862. The molecular formula is C21H18F6O2. The van der Waals surface area contributed by atoms with Crippen molar-refractivity contribution in [2.75, 3.05) is 0 Å². The monoisotopic (exact) mass is 416 g/mol. The van der Waals surface area contributed by atoms with E-state index in [1.54, 1.807) is 0 Å². The lowest BCUT2D eigenvalue weighted by Gasteiger charge is -2.38. The van der Waals surface area contributed by atoms with Crippen molar-refractivity contribution in [2.45, 2.75) is 31.6 Å². The van der Waals surface area contributed by atoms with E-state index in [-0.39, 0.29) is 11.1 Å². The second-order valence-electron chi connectivity index (χ2n) is 6.29. The first kappa shape index (κ1) is 22.4. The average Bonchev–Trinajstić information content (AvgIpc) is 2.59. The molecule has 2 aromatic carbocycles. The minimum Gasteiger partial charge on any atom is -0.507 e. The van der Waals surface area contributed by atoms with Gasteiger partial charge in [-0.05, 0) is 49.2 Å². The molecule has 0 saturated carbocycles. The number of rotatable bonds is 4. The predicted molar refractivity (Wildman–Crippen MR) is 98.5 cm³/mol. The average molecular weight is 416 g/mol. The highest BCUT2D eigenvalue weighted by Gasteiger charge is 2.72. The summed E-state index contributed by atoms with van der Waals surface area (Å²) in [5, 5.41) is 19.6. The molecule has 0 unspecified atom stereocenters. The number of phenolic OH excluding ortho intramolecular Hbond substituents is 2. The van der Waals surface area contributed by atoms with Gasteiger partial charge in [0.05, 0.1) is 0 Å². The molecule has 0 fully saturated rings. The maximum Gasteiger partial charge on any atom is 0.411 e. The minimum absolute atomic E-state index is 0.185. The van der Waals surface area contributed by atoms with Crippen molar-refractivity contribution in [1.29, 1.82) is 0 Å². The van der Waals surface area contributed by atoms with Crippen molar-refractivity contribution < 1.29 is 36.6 Å². The Hall–Kier alpha value is -2.90. The fourth-order valence-electron chi connectivity index (χ4n) is 3.18. The van der Waals surface area contributed by atoms with Crippen LogP contribution in [0.3, 0.4) is 0 Å². The largest absolute Gasteiger partial charge is 0.507 e. The van der Waals surface area contributed by atoms with Crippen LogP contribution in [0.5, 0.6) is 11.5 Å². The molecule has 0 radical (unpaired) electrons. The molecule has 0 bridgehead atoms. The number of benzene rings is 2. The van der Waals surface area contributed by atoms with Gasteiger partial charge < -0.3 is 10.2 Å². The van der Waals surface area contributed by atoms with Gasteiger partial charge in [-0.15, -0.1) is 0 Å². The lowest BCUT2D eigenvalue weighted by Crippen LogP contribution is -2.54. The molecule has 0 aromatic heterocycles. The zero-order valence-corrected chi connectivity index (χ0v) is 15.4. The molecule has 2 aromatic rings. The smallest absolute Gasteiger partial charge is 0.411 e. The van der Waals surface area contributed by atoms with Crippen LogP contribution in [0.15, 0.2) is 48.6 Å². The van der Waals surface area contributed by atoms with Crippen LogP contribution in [0.4, 0.5) is 26.3 Å². The Kier molecular flexibility index (Phi) is 6.06. The molecule has 8 heteroatoms. The first-order chi connectivity index (χ1) is 13.4. The van der Waals surface area contributed by atoms with E-state index in [9.17, 15) is 36.6 Å². The summed E-state index contributed by atoms with van der Waals surface area (Å²) in [6, 6.07) is 4.13. The van der Waals surface area contributed by atoms with E-state index in [4.69, 9.17) is 0 Å². The van der Waals surface area contributed by atoms with Gasteiger partial charge in [0.2, 0.25) is 5.41 Å². The van der Waals surface area contributed by atoms with Crippen molar-refractivity contribution in [2.24, 2.45) is 0 Å². The van der Waals surface area contributed by atoms with Gasteiger partial charge >= 0.3 is 12.4 Å². The van der Waals surface area contributed by atoms with Crippen molar-refractivity contribution in [3.63, 3.8) is 0 Å². The van der Waals surface area contributed by atoms with Gasteiger partial charge in [-0.1, -0.05) is 36.4 Å². The fraction of sp³-hybridized carbons (Fsp3) is 0.238. The maximum atomic E-state index is 14.2. The minimum atomic E-state index is -5.76. The Balaban J connectivity index is 3.00. The second-order valence-corrected chi connectivity index (χ2v) is 6.29. The molecule has 29 heavy (non-hydrogen) atoms. The highest BCUT2D eigenvalue weighted by atomic mass is 19.4. The van der Waals surface area contributed by atoms with Crippen LogP contribution in [0.25, 0.3) is 12.2 Å². The maximum absolute atomic E-state index is 14.2. The third-order valence-electron chi connectivity index (χ3n) is 4.46. The molecular weight excluding hydrogens is 398 g/mol. The van der Waals surface area contributed by atoms with Gasteiger partial charge in [0.15, 0.2) is 0 Å². The third kappa shape index (κ3) is 3.83. The molecule has 0 spiro atoms. The summed E-state index contributed by atoms with van der Waals surface area (Å²) in [5.41, 5.74) is -6.93. The topological polar surface area (TPSA) is 40.5 Å². The van der Waals surface area contributed by atoms with Crippen molar-refractivity contribution in [1.82, 2.24) is 0 Å². The molecule has 0 heterocycles. The molecule has 0 aliphatic carbocycles. The summed E-state index contributed by atoms with van der Waals surface area (Å²) in [6.07, 6.45) is -6.35. The van der Waals surface area contributed by atoms with Gasteiger partial charge in [0.25, 0.3) is 0 Å². The zero-order valence-electron chi connectivity index (χ0n) is 15.4. The highest BCUT2D eigenvalue weighted by Crippen LogP contribution is 2.57. The Morgan fingerprint density at radius 1 is 0.655 bits per heavy atom. The first-order valence-corrected chi connectivity index (χ1v) is 8.46. The van der Waals surface area contributed by atoms with Gasteiger partial charge in [0.1, 0.15) is 11.5 Å². The summed E-state index contributed by atoms with van der Waals surface area (Å²) < 4.78 is 85.2. The van der Waals surface area contributed by atoms with Gasteiger partial charge in [0, 0.05) is 11.1 Å². The van der Waals surface area contributed by atoms with E-state index < -0.39 is 40.4 Å². The summed E-state index contributed by atoms with van der Waals surface area (Å²) in [4.78, 5) is 0. The molecule has 2 nitrogen and oxygen atoms in total. The standard InChI is InChI=1S/C21H18F6O2/c1-3-5-13-11-15(7-9-17(13)28)19(20(22,23)24,21(25,26)27)16-8-10-18(29)14(12-16)6-4-2/h3-12,28-29H,1-2H3/b5-3-,6-4-. The number of hydrogen-bond acceptors (Lipinski definition) is 2. The summed E-state index contributed by atoms with van der Waals surface area (Å²) in [6.45, 7) is 3.02. The van der Waals surface area contributed by atoms with Crippen LogP contribution in [0.2, 0.25) is 0 Å². The van der Waals surface area contributed by atoms with Crippen LogP contribution in [-0.2, 0) is 5.41 Å². The lowest BCUT2D eigenvalue weighted by molar-refractivity contribution is -0.288. The Morgan fingerprint density at radius 3 is 1.28 bits per heavy atom. The van der Waals surface area contributed by atoms with Gasteiger partial charge in [-0.3, -0.25) is 0 Å². The molecule has 0 aliphatic heterocycles. The Morgan fingerprint density at radius 2 is 1.00 bits per heavy atom. The summed E-state index contributed by atoms with van der Waals surface area (Å²) in [5.74, 6) is -0.907. The Labute approximate surface area is 163 Å². The van der Waals surface area contributed by atoms with Crippen LogP contribution < -0.4 is 0 Å². The number of alkyl halides is 6. The van der Waals surface area contributed by atoms with Crippen LogP contribution in [0.1, 0.15) is 36.1 Å². The predicted octanol–water partition coefficient (Wildman–Crippen LogP) is 6.57. The van der Waals surface area contributed by atoms with E-state index >= 15 is 0 Å². The number of hydrogen-bond donors (Lipinski definition) is 2. The SMILES string of the molecule is C/C=C\c1cc(C(c2ccc(O)c(/C=C\C)c2)(C(F)(F)F)C(F)(F)F)ccc1O. The van der Waals surface area contributed by atoms with Crippen LogP contribution in [0, 0.1) is 0 Å². The molecule has 0 atom stereocenters. The van der Waals surface area contributed by atoms with E-state index in [0.717, 1.165) is 12.1 Å². The third-order valence-corrected chi connectivity index (χ3v) is 4.46. The molecule has 0 saturated heterocycles. The van der Waals surface area contributed by atoms with E-state index in [1.165, 1.54) is 38.2 Å². The quantitative estimate of drug-likeness (QED) is 0.553. The van der Waals surface area contributed by atoms with Gasteiger partial charge in [-0.2, -0.15) is 26.3 Å². The molecule has 0 aliphatic rings. The highest BCUT2D eigenvalue weighted by molar-refractivity contribution is 5.63. The molecule has 2 rings (SSSR count). The number of halogens is 6. The number of aromatic hydroxyl groups is 2. The van der Waals surface area contributed by atoms with Crippen LogP contribution >= 0.6 is 0 Å². The van der Waals surface area contributed by atoms with E-state index in [1.807, 2.05) is 0 Å². The van der Waals surface area contributed by atoms with Crippen LogP contribution in [-0.4, -0.2) is 22.6 Å². The number of allylic oxidation sites excluding steroid dienone is 2. The van der Waals surface area contributed by atoms with E-state index in [0.29, 0.717) is 24.3 Å².